The van der Waals surface area contributed by atoms with Gasteiger partial charge in [0.25, 0.3) is 0 Å². The largest absolute Gasteiger partial charge is 0.493 e. The smallest absolute Gasteiger partial charge is 0.369 e. The Morgan fingerprint density at radius 2 is 1.79 bits per heavy atom. The van der Waals surface area contributed by atoms with Gasteiger partial charge in [0.1, 0.15) is 5.92 Å². The van der Waals surface area contributed by atoms with Crippen LogP contribution in [-0.4, -0.2) is 36.1 Å². The fraction of sp³-hybridized carbons (Fsp3) is 0.238. The Bertz CT molecular complexity index is 1130. The lowest BCUT2D eigenvalue weighted by Gasteiger charge is -2.09. The van der Waals surface area contributed by atoms with Gasteiger partial charge in [0.05, 0.1) is 31.1 Å². The predicted molar refractivity (Wildman–Crippen MR) is 102 cm³/mol. The van der Waals surface area contributed by atoms with E-state index in [0.29, 0.717) is 22.9 Å². The van der Waals surface area contributed by atoms with E-state index in [9.17, 15) is 9.59 Å². The van der Waals surface area contributed by atoms with Crippen LogP contribution < -0.4 is 9.47 Å². The topological polar surface area (TPSA) is 96.8 Å². The molecule has 8 heteroatoms. The Kier molecular flexibility index (Phi) is 4.75. The molecule has 0 N–H and O–H groups in total. The van der Waals surface area contributed by atoms with Crippen LogP contribution in [-0.2, 0) is 19.4 Å². The number of methoxy groups -OCH3 is 2. The molecule has 8 nitrogen and oxygen atoms in total. The van der Waals surface area contributed by atoms with Crippen molar-refractivity contribution in [2.45, 2.75) is 19.3 Å². The van der Waals surface area contributed by atoms with Gasteiger partial charge in [-0.1, -0.05) is 13.0 Å². The SMILES string of the molecule is CCC(=O)OOC(=O)C1c2ccc(-c3cnc4cc(OC)c(OC)cc4c3)nc21. The second kappa shape index (κ2) is 7.38. The Morgan fingerprint density at radius 3 is 2.52 bits per heavy atom. The van der Waals surface area contributed by atoms with E-state index in [1.165, 1.54) is 0 Å². The van der Waals surface area contributed by atoms with Crippen LogP contribution in [0.1, 0.15) is 30.5 Å². The fourth-order valence-corrected chi connectivity index (χ4v) is 3.06. The van der Waals surface area contributed by atoms with E-state index in [1.54, 1.807) is 27.3 Å². The van der Waals surface area contributed by atoms with Gasteiger partial charge < -0.3 is 9.47 Å². The van der Waals surface area contributed by atoms with Gasteiger partial charge in [0.2, 0.25) is 0 Å². The maximum absolute atomic E-state index is 12.1. The van der Waals surface area contributed by atoms with E-state index in [-0.39, 0.29) is 6.42 Å². The van der Waals surface area contributed by atoms with Gasteiger partial charge in [-0.05, 0) is 23.8 Å². The summed E-state index contributed by atoms with van der Waals surface area (Å²) in [5.74, 6) is -0.651. The lowest BCUT2D eigenvalue weighted by atomic mass is 10.1. The highest BCUT2D eigenvalue weighted by molar-refractivity contribution is 5.90. The van der Waals surface area contributed by atoms with Gasteiger partial charge in [-0.15, -0.1) is 0 Å². The molecule has 0 amide bonds. The quantitative estimate of drug-likeness (QED) is 0.481. The van der Waals surface area contributed by atoms with Crippen molar-refractivity contribution in [1.82, 2.24) is 9.97 Å². The molecule has 2 heterocycles. The number of rotatable bonds is 5. The molecule has 0 saturated heterocycles. The zero-order chi connectivity index (χ0) is 20.5. The molecular weight excluding hydrogens is 376 g/mol. The number of benzene rings is 1. The molecule has 0 aliphatic heterocycles. The summed E-state index contributed by atoms with van der Waals surface area (Å²) in [5, 5.41) is 0.870. The van der Waals surface area contributed by atoms with Crippen molar-refractivity contribution in [1.29, 1.82) is 0 Å². The molecule has 1 aliphatic carbocycles. The van der Waals surface area contributed by atoms with Crippen molar-refractivity contribution in [2.75, 3.05) is 14.2 Å². The number of carbonyl (C=O) groups is 2. The molecule has 1 aliphatic rings. The Labute approximate surface area is 166 Å². The molecular formula is C21H18N2O6. The molecule has 29 heavy (non-hydrogen) atoms. The summed E-state index contributed by atoms with van der Waals surface area (Å²) < 4.78 is 10.7. The highest BCUT2D eigenvalue weighted by atomic mass is 17.2. The van der Waals surface area contributed by atoms with Gasteiger partial charge in [0.15, 0.2) is 11.5 Å². The maximum atomic E-state index is 12.1. The Morgan fingerprint density at radius 1 is 1.03 bits per heavy atom. The number of pyridine rings is 2. The van der Waals surface area contributed by atoms with Crippen molar-refractivity contribution in [2.24, 2.45) is 0 Å². The third-order valence-corrected chi connectivity index (χ3v) is 4.68. The van der Waals surface area contributed by atoms with E-state index < -0.39 is 17.9 Å². The minimum Gasteiger partial charge on any atom is -0.493 e. The summed E-state index contributed by atoms with van der Waals surface area (Å²) in [6, 6.07) is 9.22. The number of hydrogen-bond acceptors (Lipinski definition) is 8. The summed E-state index contributed by atoms with van der Waals surface area (Å²) >= 11 is 0. The van der Waals surface area contributed by atoms with Crippen LogP contribution >= 0.6 is 0 Å². The molecule has 0 bridgehead atoms. The van der Waals surface area contributed by atoms with E-state index in [0.717, 1.165) is 22.0 Å². The first kappa shape index (κ1) is 18.7. The van der Waals surface area contributed by atoms with E-state index >= 15 is 0 Å². The summed E-state index contributed by atoms with van der Waals surface area (Å²) in [7, 11) is 3.15. The molecule has 1 aromatic carbocycles. The number of nitrogens with zero attached hydrogens (tertiary/aromatic N) is 2. The lowest BCUT2D eigenvalue weighted by Crippen LogP contribution is -2.11. The van der Waals surface area contributed by atoms with Crippen LogP contribution in [0.15, 0.2) is 36.5 Å². The first-order chi connectivity index (χ1) is 14.0. The highest BCUT2D eigenvalue weighted by Crippen LogP contribution is 2.44. The zero-order valence-electron chi connectivity index (χ0n) is 16.1. The lowest BCUT2D eigenvalue weighted by molar-refractivity contribution is -0.258. The third-order valence-electron chi connectivity index (χ3n) is 4.68. The number of ether oxygens (including phenoxy) is 2. The number of carbonyl (C=O) groups excluding carboxylic acids is 2. The Balaban J connectivity index is 1.58. The monoisotopic (exact) mass is 394 g/mol. The number of fused-ring (bicyclic) bond motifs is 2. The third kappa shape index (κ3) is 3.44. The summed E-state index contributed by atoms with van der Waals surface area (Å²) in [6.45, 7) is 1.61. The fourth-order valence-electron chi connectivity index (χ4n) is 3.06. The minimum atomic E-state index is -0.653. The molecule has 1 atom stereocenters. The second-order valence-electron chi connectivity index (χ2n) is 6.44. The minimum absolute atomic E-state index is 0.124. The highest BCUT2D eigenvalue weighted by Gasteiger charge is 2.44. The number of hydrogen-bond donors (Lipinski definition) is 0. The average Bonchev–Trinajstić information content (AvgIpc) is 3.49. The summed E-state index contributed by atoms with van der Waals surface area (Å²) in [6.07, 6.45) is 1.83. The van der Waals surface area contributed by atoms with E-state index in [2.05, 4.69) is 19.7 Å². The predicted octanol–water partition coefficient (Wildman–Crippen LogP) is 3.17. The molecule has 0 radical (unpaired) electrons. The van der Waals surface area contributed by atoms with Crippen molar-refractivity contribution in [3.8, 4) is 22.8 Å². The molecule has 2 aromatic heterocycles. The Hall–Kier alpha value is -3.68. The van der Waals surface area contributed by atoms with Crippen LogP contribution in [0.5, 0.6) is 11.5 Å². The van der Waals surface area contributed by atoms with Crippen LogP contribution in [0, 0.1) is 0 Å². The molecule has 4 rings (SSSR count). The van der Waals surface area contributed by atoms with Crippen LogP contribution in [0.25, 0.3) is 22.2 Å². The normalized spacial score (nSPS) is 14.1. The van der Waals surface area contributed by atoms with Crippen molar-refractivity contribution >= 4 is 22.8 Å². The molecule has 148 valence electrons. The maximum Gasteiger partial charge on any atom is 0.369 e. The van der Waals surface area contributed by atoms with Crippen molar-refractivity contribution in [3.63, 3.8) is 0 Å². The van der Waals surface area contributed by atoms with Crippen LogP contribution in [0.3, 0.4) is 0 Å². The van der Waals surface area contributed by atoms with Gasteiger partial charge in [-0.3, -0.25) is 9.97 Å². The van der Waals surface area contributed by atoms with Crippen molar-refractivity contribution < 1.29 is 28.8 Å². The van der Waals surface area contributed by atoms with Crippen molar-refractivity contribution in [3.05, 3.63) is 47.8 Å². The van der Waals surface area contributed by atoms with Gasteiger partial charge in [-0.2, -0.15) is 0 Å². The van der Waals surface area contributed by atoms with Gasteiger partial charge in [0, 0.05) is 29.6 Å². The molecule has 0 saturated carbocycles. The van der Waals surface area contributed by atoms with Gasteiger partial charge >= 0.3 is 11.9 Å². The molecule has 0 fully saturated rings. The number of aromatic nitrogens is 2. The second-order valence-corrected chi connectivity index (χ2v) is 6.44. The molecule has 0 spiro atoms. The summed E-state index contributed by atoms with van der Waals surface area (Å²) in [5.41, 5.74) is 3.59. The average molecular weight is 394 g/mol. The standard InChI is InChI=1S/C21H18N2O6/c1-4-18(24)28-29-21(25)19-13-5-6-14(23-20(13)19)12-7-11-8-16(26-2)17(27-3)9-15(11)22-10-12/h5-10,19H,4H2,1-3H3. The van der Waals surface area contributed by atoms with Crippen LogP contribution in [0.2, 0.25) is 0 Å². The molecule has 1 unspecified atom stereocenters. The van der Waals surface area contributed by atoms with E-state index in [1.807, 2.05) is 30.3 Å². The first-order valence-corrected chi connectivity index (χ1v) is 9.00. The molecule has 3 aromatic rings. The first-order valence-electron chi connectivity index (χ1n) is 9.00. The zero-order valence-corrected chi connectivity index (χ0v) is 16.1. The van der Waals surface area contributed by atoms with Gasteiger partial charge in [-0.25, -0.2) is 19.4 Å². The van der Waals surface area contributed by atoms with Crippen LogP contribution in [0.4, 0.5) is 0 Å². The summed E-state index contributed by atoms with van der Waals surface area (Å²) in [4.78, 5) is 41.2. The van der Waals surface area contributed by atoms with E-state index in [4.69, 9.17) is 9.47 Å².